The highest BCUT2D eigenvalue weighted by Crippen LogP contribution is 2.12. The molecule has 0 saturated carbocycles. The van der Waals surface area contributed by atoms with Crippen molar-refractivity contribution < 1.29 is 24.2 Å². The Bertz CT molecular complexity index is 1470. The van der Waals surface area contributed by atoms with Gasteiger partial charge in [-0.05, 0) is 42.6 Å². The van der Waals surface area contributed by atoms with Crippen molar-refractivity contribution in [1.82, 2.24) is 30.6 Å². The number of nitrogens with one attached hydrogen (secondary N) is 4. The fourth-order valence-electron chi connectivity index (χ4n) is 3.51. The summed E-state index contributed by atoms with van der Waals surface area (Å²) in [6, 6.07) is 5.03. The van der Waals surface area contributed by atoms with Gasteiger partial charge in [-0.25, -0.2) is 14.8 Å². The zero-order valence-corrected chi connectivity index (χ0v) is 21.9. The number of carbonyl (C=O) groups excluding carboxylic acids is 2. The Labute approximate surface area is 232 Å². The molecule has 0 unspecified atom stereocenters. The molecule has 0 radical (unpaired) electrons. The van der Waals surface area contributed by atoms with E-state index >= 15 is 0 Å². The van der Waals surface area contributed by atoms with Crippen molar-refractivity contribution in [2.75, 3.05) is 37.4 Å². The van der Waals surface area contributed by atoms with Crippen LogP contribution in [-0.2, 0) is 20.9 Å². The summed E-state index contributed by atoms with van der Waals surface area (Å²) in [5.41, 5.74) is 14.7. The fraction of sp³-hybridized carbons (Fsp3) is 0.375. The maximum atomic E-state index is 12.6. The van der Waals surface area contributed by atoms with E-state index < -0.39 is 23.5 Å². The van der Waals surface area contributed by atoms with Crippen LogP contribution >= 0.6 is 0 Å². The van der Waals surface area contributed by atoms with E-state index in [4.69, 9.17) is 16.0 Å². The van der Waals surface area contributed by atoms with Crippen molar-refractivity contribution >= 4 is 40.6 Å². The average molecular weight is 568 g/mol. The molecular weight excluding hydrogens is 538 g/mol. The number of hydrogen-bond acceptors (Lipinski definition) is 11. The summed E-state index contributed by atoms with van der Waals surface area (Å²) in [6.07, 6.45) is 1.81. The summed E-state index contributed by atoms with van der Waals surface area (Å²) in [5.74, 6) is -2.27. The van der Waals surface area contributed by atoms with E-state index in [1.54, 1.807) is 12.1 Å². The Hall–Kier alpha value is -5.28. The molecule has 0 aliphatic heterocycles. The lowest BCUT2D eigenvalue weighted by atomic mass is 10.1. The zero-order chi connectivity index (χ0) is 29.6. The Morgan fingerprint density at radius 3 is 2.71 bits per heavy atom. The number of amides is 2. The molecule has 2 aromatic heterocycles. The third-order valence-corrected chi connectivity index (χ3v) is 5.56. The SMILES string of the molecule is [N-]=[N+]=NCCOCCCNC(=O)CC[C@H](NC(=O)c1ccc(NCc2cnc3nc(N)[nH]c(=O)c3n2)cc1)C(=O)O. The molecule has 0 fully saturated rings. The van der Waals surface area contributed by atoms with Crippen molar-refractivity contribution in [2.45, 2.75) is 31.8 Å². The number of ether oxygens (including phenoxy) is 1. The van der Waals surface area contributed by atoms with E-state index in [1.165, 1.54) is 18.3 Å². The van der Waals surface area contributed by atoms with Crippen molar-refractivity contribution in [3.63, 3.8) is 0 Å². The number of rotatable bonds is 16. The number of fused-ring (bicyclic) bond motifs is 1. The van der Waals surface area contributed by atoms with Gasteiger partial charge in [-0.2, -0.15) is 4.98 Å². The number of benzene rings is 1. The average Bonchev–Trinajstić information content (AvgIpc) is 2.95. The quantitative estimate of drug-likeness (QED) is 0.0607. The fourth-order valence-corrected chi connectivity index (χ4v) is 3.51. The number of carboxylic acid groups (broad SMARTS) is 1. The van der Waals surface area contributed by atoms with Gasteiger partial charge in [0.2, 0.25) is 11.9 Å². The Morgan fingerprint density at radius 2 is 1.98 bits per heavy atom. The predicted molar refractivity (Wildman–Crippen MR) is 147 cm³/mol. The van der Waals surface area contributed by atoms with Crippen molar-refractivity contribution in [1.29, 1.82) is 0 Å². The van der Waals surface area contributed by atoms with Crippen LogP contribution < -0.4 is 27.2 Å². The Morgan fingerprint density at radius 1 is 1.20 bits per heavy atom. The number of nitrogens with two attached hydrogens (primary N) is 1. The minimum absolute atomic E-state index is 0.0538. The van der Waals surface area contributed by atoms with E-state index in [1.807, 2.05) is 0 Å². The van der Waals surface area contributed by atoms with E-state index in [9.17, 15) is 24.3 Å². The second kappa shape index (κ2) is 15.3. The van der Waals surface area contributed by atoms with Gasteiger partial charge in [0, 0.05) is 42.3 Å². The van der Waals surface area contributed by atoms with Crippen LogP contribution in [0.4, 0.5) is 11.6 Å². The van der Waals surface area contributed by atoms with Gasteiger partial charge < -0.3 is 31.5 Å². The van der Waals surface area contributed by atoms with Crippen LogP contribution in [0.1, 0.15) is 35.3 Å². The van der Waals surface area contributed by atoms with Crippen molar-refractivity contribution in [2.24, 2.45) is 5.11 Å². The summed E-state index contributed by atoms with van der Waals surface area (Å²) in [7, 11) is 0. The zero-order valence-electron chi connectivity index (χ0n) is 21.9. The smallest absolute Gasteiger partial charge is 0.326 e. The molecule has 0 aliphatic carbocycles. The molecule has 1 atom stereocenters. The largest absolute Gasteiger partial charge is 0.480 e. The first-order valence-electron chi connectivity index (χ1n) is 12.5. The van der Waals surface area contributed by atoms with Crippen LogP contribution in [0.3, 0.4) is 0 Å². The summed E-state index contributed by atoms with van der Waals surface area (Å²) >= 11 is 0. The number of hydrogen-bond donors (Lipinski definition) is 6. The van der Waals surface area contributed by atoms with Crippen LogP contribution in [0.15, 0.2) is 40.4 Å². The molecule has 7 N–H and O–H groups in total. The molecule has 0 bridgehead atoms. The standard InChI is InChI=1S/C24H29N11O6/c25-24-33-20-19(22(38)34-24)31-16(13-29-20)12-28-15-4-2-14(3-5-15)21(37)32-17(23(39)40)6-7-18(36)27-8-1-10-41-11-9-30-35-26/h2-5,13,17,28H,1,6-12H2,(H,27,36)(H,32,37)(H,39,40)(H3,25,29,33,34,38)/t17-/m0/s1. The number of nitrogens with zero attached hydrogens (tertiary/aromatic N) is 6. The van der Waals surface area contributed by atoms with Gasteiger partial charge in [-0.3, -0.25) is 19.4 Å². The third kappa shape index (κ3) is 9.76. The van der Waals surface area contributed by atoms with E-state index in [2.05, 4.69) is 45.9 Å². The second-order valence-corrected chi connectivity index (χ2v) is 8.59. The number of nitrogen functional groups attached to an aromatic ring is 1. The monoisotopic (exact) mass is 567 g/mol. The highest BCUT2D eigenvalue weighted by Gasteiger charge is 2.21. The number of anilines is 2. The maximum Gasteiger partial charge on any atom is 0.326 e. The van der Waals surface area contributed by atoms with Gasteiger partial charge in [0.05, 0.1) is 25.0 Å². The molecule has 2 heterocycles. The van der Waals surface area contributed by atoms with Gasteiger partial charge in [0.1, 0.15) is 6.04 Å². The molecule has 1 aromatic carbocycles. The number of azide groups is 1. The normalized spacial score (nSPS) is 11.3. The van der Waals surface area contributed by atoms with Gasteiger partial charge in [0.15, 0.2) is 11.2 Å². The molecule has 17 nitrogen and oxygen atoms in total. The minimum Gasteiger partial charge on any atom is -0.480 e. The van der Waals surface area contributed by atoms with Gasteiger partial charge in [-0.1, -0.05) is 5.11 Å². The summed E-state index contributed by atoms with van der Waals surface area (Å²) in [4.78, 5) is 65.5. The molecule has 2 amide bonds. The first kappa shape index (κ1) is 30.3. The van der Waals surface area contributed by atoms with Crippen molar-refractivity contribution in [3.8, 4) is 0 Å². The molecule has 0 spiro atoms. The Balaban J connectivity index is 1.43. The molecule has 216 valence electrons. The van der Waals surface area contributed by atoms with Crippen LogP contribution in [0.5, 0.6) is 0 Å². The van der Waals surface area contributed by atoms with E-state index in [0.717, 1.165) is 0 Å². The summed E-state index contributed by atoms with van der Waals surface area (Å²) in [6.45, 7) is 1.45. The van der Waals surface area contributed by atoms with E-state index in [0.29, 0.717) is 31.0 Å². The third-order valence-electron chi connectivity index (χ3n) is 5.56. The highest BCUT2D eigenvalue weighted by atomic mass is 16.5. The van der Waals surface area contributed by atoms with Gasteiger partial charge in [-0.15, -0.1) is 0 Å². The van der Waals surface area contributed by atoms with Crippen LogP contribution in [0.2, 0.25) is 0 Å². The highest BCUT2D eigenvalue weighted by molar-refractivity contribution is 5.97. The van der Waals surface area contributed by atoms with Crippen molar-refractivity contribution in [3.05, 3.63) is 62.5 Å². The number of H-pyrrole nitrogens is 1. The molecule has 3 rings (SSSR count). The number of aromatic nitrogens is 4. The lowest BCUT2D eigenvalue weighted by Crippen LogP contribution is -2.41. The maximum absolute atomic E-state index is 12.6. The summed E-state index contributed by atoms with van der Waals surface area (Å²) in [5, 5.41) is 21.0. The number of carbonyl (C=O) groups is 3. The van der Waals surface area contributed by atoms with Crippen LogP contribution in [-0.4, -0.2) is 75.2 Å². The number of carboxylic acids is 1. The molecule has 0 saturated heterocycles. The molecule has 41 heavy (non-hydrogen) atoms. The van der Waals surface area contributed by atoms with Gasteiger partial charge >= 0.3 is 5.97 Å². The van der Waals surface area contributed by atoms with Crippen LogP contribution in [0.25, 0.3) is 21.6 Å². The molecule has 0 aliphatic rings. The van der Waals surface area contributed by atoms with E-state index in [-0.39, 0.29) is 61.1 Å². The lowest BCUT2D eigenvalue weighted by Gasteiger charge is -2.15. The number of aromatic amines is 1. The van der Waals surface area contributed by atoms with Gasteiger partial charge in [0.25, 0.3) is 11.5 Å². The number of aliphatic carboxylic acids is 1. The summed E-state index contributed by atoms with van der Waals surface area (Å²) < 4.78 is 5.23. The predicted octanol–water partition coefficient (Wildman–Crippen LogP) is 0.704. The first-order valence-corrected chi connectivity index (χ1v) is 12.5. The first-order chi connectivity index (χ1) is 19.8. The van der Waals surface area contributed by atoms with Crippen LogP contribution in [0, 0.1) is 0 Å². The topological polar surface area (TPSA) is 263 Å². The second-order valence-electron chi connectivity index (χ2n) is 8.59. The Kier molecular flexibility index (Phi) is 11.3. The minimum atomic E-state index is -1.26. The molecule has 3 aromatic rings. The lowest BCUT2D eigenvalue weighted by molar-refractivity contribution is -0.139. The molecular formula is C24H29N11O6. The molecule has 17 heteroatoms.